The van der Waals surface area contributed by atoms with E-state index in [1.807, 2.05) is 30.7 Å². The van der Waals surface area contributed by atoms with Gasteiger partial charge in [0.2, 0.25) is 0 Å². The van der Waals surface area contributed by atoms with Crippen LogP contribution in [0.15, 0.2) is 24.3 Å². The Morgan fingerprint density at radius 2 is 2.05 bits per heavy atom. The fourth-order valence-corrected chi connectivity index (χ4v) is 2.68. The molecule has 20 heavy (non-hydrogen) atoms. The quantitative estimate of drug-likeness (QED) is 0.927. The molecule has 0 saturated heterocycles. The molecular weight excluding hydrogens is 295 g/mol. The van der Waals surface area contributed by atoms with Crippen molar-refractivity contribution in [1.82, 2.24) is 9.78 Å². The van der Waals surface area contributed by atoms with Crippen molar-refractivity contribution in [3.63, 3.8) is 0 Å². The van der Waals surface area contributed by atoms with Crippen molar-refractivity contribution in [2.45, 2.75) is 39.3 Å². The molecule has 2 aromatic rings. The number of benzene rings is 1. The molecule has 1 aromatic carbocycles. The third kappa shape index (κ3) is 3.00. The van der Waals surface area contributed by atoms with E-state index in [0.29, 0.717) is 23.0 Å². The van der Waals surface area contributed by atoms with Gasteiger partial charge in [-0.25, -0.2) is 0 Å². The Bertz CT molecular complexity index is 620. The van der Waals surface area contributed by atoms with Crippen molar-refractivity contribution in [1.29, 1.82) is 0 Å². The summed E-state index contributed by atoms with van der Waals surface area (Å²) in [5.41, 5.74) is 1.35. The maximum atomic E-state index is 10.8. The van der Waals surface area contributed by atoms with E-state index >= 15 is 0 Å². The lowest BCUT2D eigenvalue weighted by atomic mass is 9.91. The first-order valence-corrected chi connectivity index (χ1v) is 7.31. The van der Waals surface area contributed by atoms with E-state index in [9.17, 15) is 5.11 Å². The fourth-order valence-electron chi connectivity index (χ4n) is 2.29. The summed E-state index contributed by atoms with van der Waals surface area (Å²) in [6.45, 7) is 6.35. The second-order valence-electron chi connectivity index (χ2n) is 5.12. The average molecular weight is 313 g/mol. The molecule has 1 heterocycles. The Kier molecular flexibility index (Phi) is 4.43. The highest BCUT2D eigenvalue weighted by Crippen LogP contribution is 2.31. The number of rotatable bonds is 4. The van der Waals surface area contributed by atoms with E-state index in [-0.39, 0.29) is 0 Å². The fraction of sp³-hybridized carbons (Fsp3) is 0.400. The molecular formula is C15H18Cl2N2O. The van der Waals surface area contributed by atoms with Crippen molar-refractivity contribution < 1.29 is 5.11 Å². The first-order chi connectivity index (χ1) is 9.35. The molecule has 5 heteroatoms. The van der Waals surface area contributed by atoms with E-state index in [2.05, 4.69) is 5.10 Å². The van der Waals surface area contributed by atoms with E-state index in [1.54, 1.807) is 19.1 Å². The molecule has 0 spiro atoms. The minimum atomic E-state index is -1.05. The second kappa shape index (κ2) is 5.76. The van der Waals surface area contributed by atoms with Crippen LogP contribution in [0.25, 0.3) is 0 Å². The van der Waals surface area contributed by atoms with Gasteiger partial charge in [-0.15, -0.1) is 0 Å². The normalized spacial score (nSPS) is 14.3. The van der Waals surface area contributed by atoms with Gasteiger partial charge in [-0.2, -0.15) is 5.10 Å². The molecule has 0 aliphatic heterocycles. The standard InChI is InChI=1S/C15H18Cl2N2O/c1-4-19-13(14(17)10(2)18-19)9-15(3,20)11-6-5-7-12(16)8-11/h5-8,20H,4,9H2,1-3H3. The van der Waals surface area contributed by atoms with Crippen molar-refractivity contribution in [3.05, 3.63) is 51.3 Å². The first-order valence-electron chi connectivity index (χ1n) is 6.55. The maximum absolute atomic E-state index is 10.8. The third-order valence-corrected chi connectivity index (χ3v) is 4.14. The predicted molar refractivity (Wildman–Crippen MR) is 82.4 cm³/mol. The zero-order chi connectivity index (χ0) is 14.9. The molecule has 0 fully saturated rings. The summed E-state index contributed by atoms with van der Waals surface area (Å²) in [5, 5.41) is 16.4. The maximum Gasteiger partial charge on any atom is 0.0924 e. The zero-order valence-electron chi connectivity index (χ0n) is 11.8. The van der Waals surface area contributed by atoms with Crippen LogP contribution >= 0.6 is 23.2 Å². The van der Waals surface area contributed by atoms with Gasteiger partial charge in [-0.1, -0.05) is 35.3 Å². The van der Waals surface area contributed by atoms with Crippen LogP contribution in [0.5, 0.6) is 0 Å². The molecule has 0 amide bonds. The molecule has 1 N–H and O–H groups in total. The van der Waals surface area contributed by atoms with Gasteiger partial charge >= 0.3 is 0 Å². The number of halogens is 2. The minimum absolute atomic E-state index is 0.390. The van der Waals surface area contributed by atoms with Gasteiger partial charge in [0.15, 0.2) is 0 Å². The molecule has 1 atom stereocenters. The second-order valence-corrected chi connectivity index (χ2v) is 5.94. The lowest BCUT2D eigenvalue weighted by Crippen LogP contribution is -2.26. The summed E-state index contributed by atoms with van der Waals surface area (Å²) >= 11 is 12.3. The smallest absolute Gasteiger partial charge is 0.0924 e. The molecule has 0 aliphatic carbocycles. The van der Waals surface area contributed by atoms with Gasteiger partial charge in [-0.05, 0) is 38.5 Å². The number of aryl methyl sites for hydroxylation is 2. The Morgan fingerprint density at radius 1 is 1.35 bits per heavy atom. The van der Waals surface area contributed by atoms with Gasteiger partial charge in [0.05, 0.1) is 22.0 Å². The Morgan fingerprint density at radius 3 is 2.65 bits per heavy atom. The van der Waals surface area contributed by atoms with E-state index in [1.165, 1.54) is 0 Å². The van der Waals surface area contributed by atoms with Gasteiger partial charge in [0.1, 0.15) is 0 Å². The third-order valence-electron chi connectivity index (χ3n) is 3.41. The zero-order valence-corrected chi connectivity index (χ0v) is 13.3. The Labute approximate surface area is 129 Å². The number of aliphatic hydroxyl groups is 1. The minimum Gasteiger partial charge on any atom is -0.385 e. The molecule has 3 nitrogen and oxygen atoms in total. The van der Waals surface area contributed by atoms with E-state index in [4.69, 9.17) is 23.2 Å². The SMILES string of the molecule is CCn1nc(C)c(Cl)c1CC(C)(O)c1cccc(Cl)c1. The molecule has 0 bridgehead atoms. The molecule has 2 rings (SSSR count). The number of aromatic nitrogens is 2. The van der Waals surface area contributed by atoms with Crippen LogP contribution in [0.1, 0.15) is 30.8 Å². The molecule has 108 valence electrons. The Hall–Kier alpha value is -1.03. The summed E-state index contributed by atoms with van der Waals surface area (Å²) < 4.78 is 1.83. The summed E-state index contributed by atoms with van der Waals surface area (Å²) in [5.74, 6) is 0. The summed E-state index contributed by atoms with van der Waals surface area (Å²) in [4.78, 5) is 0. The van der Waals surface area contributed by atoms with Crippen LogP contribution in [0.3, 0.4) is 0 Å². The van der Waals surface area contributed by atoms with Crippen LogP contribution in [-0.2, 0) is 18.6 Å². The van der Waals surface area contributed by atoms with Crippen LogP contribution in [0.2, 0.25) is 10.0 Å². The molecule has 1 aromatic heterocycles. The molecule has 1 unspecified atom stereocenters. The number of nitrogens with zero attached hydrogens (tertiary/aromatic N) is 2. The van der Waals surface area contributed by atoms with Crippen LogP contribution < -0.4 is 0 Å². The van der Waals surface area contributed by atoms with E-state index < -0.39 is 5.60 Å². The molecule has 0 saturated carbocycles. The van der Waals surface area contributed by atoms with Crippen LogP contribution in [0.4, 0.5) is 0 Å². The van der Waals surface area contributed by atoms with E-state index in [0.717, 1.165) is 17.0 Å². The van der Waals surface area contributed by atoms with Crippen molar-refractivity contribution in [3.8, 4) is 0 Å². The summed E-state index contributed by atoms with van der Waals surface area (Å²) in [6.07, 6.45) is 0.390. The molecule has 0 radical (unpaired) electrons. The van der Waals surface area contributed by atoms with Crippen LogP contribution in [-0.4, -0.2) is 14.9 Å². The average Bonchev–Trinajstić information content (AvgIpc) is 2.66. The monoisotopic (exact) mass is 312 g/mol. The molecule has 0 aliphatic rings. The number of hydrogen-bond donors (Lipinski definition) is 1. The van der Waals surface area contributed by atoms with Gasteiger partial charge < -0.3 is 5.11 Å². The predicted octanol–water partition coefficient (Wildman–Crippen LogP) is 3.97. The highest BCUT2D eigenvalue weighted by Gasteiger charge is 2.27. The van der Waals surface area contributed by atoms with Crippen molar-refractivity contribution in [2.75, 3.05) is 0 Å². The van der Waals surface area contributed by atoms with Crippen molar-refractivity contribution >= 4 is 23.2 Å². The lowest BCUT2D eigenvalue weighted by Gasteiger charge is -2.24. The first kappa shape index (κ1) is 15.4. The van der Waals surface area contributed by atoms with Gasteiger partial charge in [0, 0.05) is 18.0 Å². The van der Waals surface area contributed by atoms with Crippen LogP contribution in [0, 0.1) is 6.92 Å². The van der Waals surface area contributed by atoms with Gasteiger partial charge in [0.25, 0.3) is 0 Å². The highest BCUT2D eigenvalue weighted by atomic mass is 35.5. The summed E-state index contributed by atoms with van der Waals surface area (Å²) in [7, 11) is 0. The Balaban J connectivity index is 2.37. The number of hydrogen-bond acceptors (Lipinski definition) is 2. The largest absolute Gasteiger partial charge is 0.385 e. The highest BCUT2D eigenvalue weighted by molar-refractivity contribution is 6.32. The lowest BCUT2D eigenvalue weighted by molar-refractivity contribution is 0.0554. The van der Waals surface area contributed by atoms with Gasteiger partial charge in [-0.3, -0.25) is 4.68 Å². The topological polar surface area (TPSA) is 38.0 Å². The summed E-state index contributed by atoms with van der Waals surface area (Å²) in [6, 6.07) is 7.25. The van der Waals surface area contributed by atoms with Crippen molar-refractivity contribution in [2.24, 2.45) is 0 Å².